The van der Waals surface area contributed by atoms with E-state index in [9.17, 15) is 4.39 Å². The first-order valence-corrected chi connectivity index (χ1v) is 8.46. The Bertz CT molecular complexity index is 612. The molecule has 0 amide bonds. The van der Waals surface area contributed by atoms with Gasteiger partial charge >= 0.3 is 0 Å². The monoisotopic (exact) mass is 371 g/mol. The molecule has 0 aliphatic rings. The maximum absolute atomic E-state index is 13.0. The Hall–Kier alpha value is -0.910. The Morgan fingerprint density at radius 2 is 2.10 bits per heavy atom. The zero-order valence-corrected chi connectivity index (χ0v) is 14.8. The molecule has 5 heteroatoms. The molecular formula is C16H19BrFNOS. The second-order valence-electron chi connectivity index (χ2n) is 5.19. The van der Waals surface area contributed by atoms with Gasteiger partial charge in [-0.25, -0.2) is 4.39 Å². The zero-order valence-electron chi connectivity index (χ0n) is 12.4. The van der Waals surface area contributed by atoms with Crippen LogP contribution in [0.15, 0.2) is 28.7 Å². The number of benzene rings is 1. The van der Waals surface area contributed by atoms with Crippen LogP contribution in [0.25, 0.3) is 0 Å². The fraction of sp³-hybridized carbons (Fsp3) is 0.375. The summed E-state index contributed by atoms with van der Waals surface area (Å²) in [6, 6.07) is 7.10. The van der Waals surface area contributed by atoms with Crippen LogP contribution in [0.2, 0.25) is 0 Å². The number of hydrogen-bond donors (Lipinski definition) is 1. The highest BCUT2D eigenvalue weighted by molar-refractivity contribution is 9.10. The van der Waals surface area contributed by atoms with E-state index in [1.807, 2.05) is 0 Å². The molecule has 0 aliphatic heterocycles. The SMILES string of the molecule is Cc1sc(CNC(C)C)cc1COc1ccc(F)cc1Br. The lowest BCUT2D eigenvalue weighted by Gasteiger charge is -2.08. The van der Waals surface area contributed by atoms with Gasteiger partial charge in [0.1, 0.15) is 18.2 Å². The molecule has 0 fully saturated rings. The third kappa shape index (κ3) is 4.80. The average molecular weight is 372 g/mol. The second-order valence-corrected chi connectivity index (χ2v) is 7.39. The Morgan fingerprint density at radius 1 is 1.33 bits per heavy atom. The van der Waals surface area contributed by atoms with Crippen molar-refractivity contribution in [1.29, 1.82) is 0 Å². The molecule has 0 radical (unpaired) electrons. The first-order valence-electron chi connectivity index (χ1n) is 6.85. The molecule has 1 aromatic heterocycles. The molecule has 2 nitrogen and oxygen atoms in total. The van der Waals surface area contributed by atoms with Gasteiger partial charge in [0.05, 0.1) is 4.47 Å². The zero-order chi connectivity index (χ0) is 15.4. The Labute approximate surface area is 137 Å². The van der Waals surface area contributed by atoms with E-state index in [0.29, 0.717) is 22.9 Å². The molecule has 1 aromatic carbocycles. The van der Waals surface area contributed by atoms with E-state index in [1.54, 1.807) is 17.4 Å². The van der Waals surface area contributed by atoms with Gasteiger partial charge in [0, 0.05) is 27.9 Å². The van der Waals surface area contributed by atoms with Gasteiger partial charge in [-0.1, -0.05) is 13.8 Å². The molecule has 0 spiro atoms. The Kier molecular flexibility index (Phi) is 5.79. The van der Waals surface area contributed by atoms with E-state index in [0.717, 1.165) is 6.54 Å². The highest BCUT2D eigenvalue weighted by atomic mass is 79.9. The van der Waals surface area contributed by atoms with E-state index >= 15 is 0 Å². The van der Waals surface area contributed by atoms with Crippen molar-refractivity contribution in [2.75, 3.05) is 0 Å². The van der Waals surface area contributed by atoms with Gasteiger partial charge in [-0.2, -0.15) is 0 Å². The fourth-order valence-electron chi connectivity index (χ4n) is 1.87. The van der Waals surface area contributed by atoms with Gasteiger partial charge in [-0.15, -0.1) is 11.3 Å². The lowest BCUT2D eigenvalue weighted by molar-refractivity contribution is 0.303. The largest absolute Gasteiger partial charge is 0.488 e. The van der Waals surface area contributed by atoms with Crippen molar-refractivity contribution in [2.24, 2.45) is 0 Å². The highest BCUT2D eigenvalue weighted by Gasteiger charge is 2.08. The standard InChI is InChI=1S/C16H19BrFNOS/c1-10(2)19-8-14-6-12(11(3)21-14)9-20-16-5-4-13(18)7-15(16)17/h4-7,10,19H,8-9H2,1-3H3. The van der Waals surface area contributed by atoms with Crippen molar-refractivity contribution in [3.8, 4) is 5.75 Å². The van der Waals surface area contributed by atoms with Crippen molar-refractivity contribution in [3.63, 3.8) is 0 Å². The number of rotatable bonds is 6. The number of hydrogen-bond acceptors (Lipinski definition) is 3. The van der Waals surface area contributed by atoms with Crippen LogP contribution in [0.1, 0.15) is 29.2 Å². The van der Waals surface area contributed by atoms with E-state index in [-0.39, 0.29) is 5.82 Å². The summed E-state index contributed by atoms with van der Waals surface area (Å²) < 4.78 is 19.4. The molecule has 0 atom stereocenters. The molecule has 0 saturated carbocycles. The van der Waals surface area contributed by atoms with Gasteiger partial charge in [0.2, 0.25) is 0 Å². The summed E-state index contributed by atoms with van der Waals surface area (Å²) in [6.07, 6.45) is 0. The third-order valence-electron chi connectivity index (χ3n) is 3.03. The topological polar surface area (TPSA) is 21.3 Å². The van der Waals surface area contributed by atoms with E-state index in [2.05, 4.69) is 48.1 Å². The molecule has 0 aliphatic carbocycles. The highest BCUT2D eigenvalue weighted by Crippen LogP contribution is 2.28. The number of ether oxygens (including phenoxy) is 1. The Morgan fingerprint density at radius 3 is 2.76 bits per heavy atom. The van der Waals surface area contributed by atoms with Crippen LogP contribution in [0.3, 0.4) is 0 Å². The molecule has 0 bridgehead atoms. The Balaban J connectivity index is 1.99. The average Bonchev–Trinajstić information content (AvgIpc) is 2.76. The summed E-state index contributed by atoms with van der Waals surface area (Å²) in [5.74, 6) is 0.381. The fourth-order valence-corrected chi connectivity index (χ4v) is 3.33. The van der Waals surface area contributed by atoms with E-state index < -0.39 is 0 Å². The van der Waals surface area contributed by atoms with Crippen LogP contribution in [-0.4, -0.2) is 6.04 Å². The van der Waals surface area contributed by atoms with Crippen molar-refractivity contribution >= 4 is 27.3 Å². The number of aryl methyl sites for hydroxylation is 1. The van der Waals surface area contributed by atoms with Crippen molar-refractivity contribution in [2.45, 2.75) is 40.0 Å². The van der Waals surface area contributed by atoms with Gasteiger partial charge in [-0.05, 0) is 47.1 Å². The van der Waals surface area contributed by atoms with Gasteiger partial charge in [0.25, 0.3) is 0 Å². The normalized spacial score (nSPS) is 11.1. The molecule has 0 saturated heterocycles. The van der Waals surface area contributed by atoms with Crippen LogP contribution in [0, 0.1) is 12.7 Å². The van der Waals surface area contributed by atoms with Gasteiger partial charge in [-0.3, -0.25) is 0 Å². The smallest absolute Gasteiger partial charge is 0.134 e. The van der Waals surface area contributed by atoms with E-state index in [1.165, 1.54) is 27.5 Å². The molecule has 1 N–H and O–H groups in total. The molecule has 114 valence electrons. The quantitative estimate of drug-likeness (QED) is 0.768. The minimum atomic E-state index is -0.275. The minimum absolute atomic E-state index is 0.275. The summed E-state index contributed by atoms with van der Waals surface area (Å²) in [5, 5.41) is 3.41. The molecule has 2 rings (SSSR count). The number of nitrogens with one attached hydrogen (secondary N) is 1. The molecule has 21 heavy (non-hydrogen) atoms. The molecule has 2 aromatic rings. The predicted octanol–water partition coefficient (Wildman–Crippen LogP) is 5.04. The summed E-state index contributed by atoms with van der Waals surface area (Å²) in [7, 11) is 0. The lowest BCUT2D eigenvalue weighted by atomic mass is 10.2. The maximum atomic E-state index is 13.0. The molecule has 0 unspecified atom stereocenters. The van der Waals surface area contributed by atoms with Crippen LogP contribution in [-0.2, 0) is 13.2 Å². The van der Waals surface area contributed by atoms with E-state index in [4.69, 9.17) is 4.74 Å². The van der Waals surface area contributed by atoms with Crippen LogP contribution in [0.5, 0.6) is 5.75 Å². The number of thiophene rings is 1. The second kappa shape index (κ2) is 7.38. The molecular weight excluding hydrogens is 353 g/mol. The van der Waals surface area contributed by atoms with Crippen LogP contribution < -0.4 is 10.1 Å². The van der Waals surface area contributed by atoms with Crippen LogP contribution >= 0.6 is 27.3 Å². The summed E-state index contributed by atoms with van der Waals surface area (Å²) in [6.45, 7) is 7.74. The summed E-state index contributed by atoms with van der Waals surface area (Å²) >= 11 is 5.10. The van der Waals surface area contributed by atoms with Crippen molar-refractivity contribution < 1.29 is 9.13 Å². The molecule has 1 heterocycles. The maximum Gasteiger partial charge on any atom is 0.134 e. The first-order chi connectivity index (χ1) is 9.95. The van der Waals surface area contributed by atoms with Gasteiger partial charge in [0.15, 0.2) is 0 Å². The first kappa shape index (κ1) is 16.5. The summed E-state index contributed by atoms with van der Waals surface area (Å²) in [5.41, 5.74) is 1.18. The lowest BCUT2D eigenvalue weighted by Crippen LogP contribution is -2.21. The third-order valence-corrected chi connectivity index (χ3v) is 4.75. The van der Waals surface area contributed by atoms with Gasteiger partial charge < -0.3 is 10.1 Å². The predicted molar refractivity (Wildman–Crippen MR) is 89.5 cm³/mol. The number of halogens is 2. The summed E-state index contributed by atoms with van der Waals surface area (Å²) in [4.78, 5) is 2.56. The van der Waals surface area contributed by atoms with Crippen molar-refractivity contribution in [3.05, 3.63) is 49.9 Å². The van der Waals surface area contributed by atoms with Crippen LogP contribution in [0.4, 0.5) is 4.39 Å². The minimum Gasteiger partial charge on any atom is -0.488 e. The van der Waals surface area contributed by atoms with Crippen molar-refractivity contribution in [1.82, 2.24) is 5.32 Å².